The van der Waals surface area contributed by atoms with E-state index in [-0.39, 0.29) is 0 Å². The van der Waals surface area contributed by atoms with Gasteiger partial charge < -0.3 is 10.6 Å². The Kier molecular flexibility index (Phi) is 3.20. The smallest absolute Gasteiger partial charge is 0.00846 e. The molecule has 4 fully saturated rings. The summed E-state index contributed by atoms with van der Waals surface area (Å²) < 4.78 is 0. The van der Waals surface area contributed by atoms with Gasteiger partial charge >= 0.3 is 0 Å². The molecule has 0 saturated heterocycles. The minimum absolute atomic E-state index is 0.465. The van der Waals surface area contributed by atoms with Crippen LogP contribution in [0, 0.1) is 29.6 Å². The van der Waals surface area contributed by atoms with Crippen LogP contribution in [0.3, 0.4) is 0 Å². The van der Waals surface area contributed by atoms with Crippen molar-refractivity contribution in [1.82, 2.24) is 4.90 Å². The van der Waals surface area contributed by atoms with Crippen LogP contribution in [0.5, 0.6) is 0 Å². The maximum Gasteiger partial charge on any atom is 0.00846 e. The second kappa shape index (κ2) is 4.55. The first kappa shape index (κ1) is 12.0. The molecule has 0 aliphatic heterocycles. The lowest BCUT2D eigenvalue weighted by molar-refractivity contribution is -0.0480. The summed E-state index contributed by atoms with van der Waals surface area (Å²) in [7, 11) is 4.31. The molecule has 0 radical (unpaired) electrons. The first-order valence-corrected chi connectivity index (χ1v) is 7.53. The van der Waals surface area contributed by atoms with Crippen molar-refractivity contribution in [3.63, 3.8) is 0 Å². The summed E-state index contributed by atoms with van der Waals surface area (Å²) in [5.74, 6) is 5.00. The van der Waals surface area contributed by atoms with E-state index in [1.165, 1.54) is 32.1 Å². The summed E-state index contributed by atoms with van der Waals surface area (Å²) in [5, 5.41) is 0. The van der Waals surface area contributed by atoms with E-state index >= 15 is 0 Å². The minimum Gasteiger partial charge on any atom is -0.327 e. The fraction of sp³-hybridized carbons (Fsp3) is 1.00. The van der Waals surface area contributed by atoms with Gasteiger partial charge in [-0.1, -0.05) is 0 Å². The molecule has 0 spiro atoms. The Bertz CT molecular complexity index is 246. The molecule has 17 heavy (non-hydrogen) atoms. The van der Waals surface area contributed by atoms with Crippen molar-refractivity contribution in [1.29, 1.82) is 0 Å². The molecule has 4 aliphatic rings. The predicted octanol–water partition coefficient (Wildman–Crippen LogP) is 2.34. The van der Waals surface area contributed by atoms with Gasteiger partial charge in [0.05, 0.1) is 0 Å². The highest BCUT2D eigenvalue weighted by Crippen LogP contribution is 2.57. The van der Waals surface area contributed by atoms with Crippen LogP contribution in [0.25, 0.3) is 0 Å². The zero-order chi connectivity index (χ0) is 12.0. The summed E-state index contributed by atoms with van der Waals surface area (Å²) in [5.41, 5.74) is 6.52. The van der Waals surface area contributed by atoms with Crippen LogP contribution in [0.1, 0.15) is 38.5 Å². The summed E-state index contributed by atoms with van der Waals surface area (Å²) in [4.78, 5) is 2.27. The third kappa shape index (κ3) is 2.26. The lowest BCUT2D eigenvalue weighted by Gasteiger charge is -2.56. The SMILES string of the molecule is CN(C)CCC(N)C1C2CC3CC(C2)CC1C3. The van der Waals surface area contributed by atoms with Gasteiger partial charge in [-0.3, -0.25) is 0 Å². The maximum atomic E-state index is 6.52. The Morgan fingerprint density at radius 3 is 2.00 bits per heavy atom. The third-order valence-electron chi connectivity index (χ3n) is 5.70. The lowest BCUT2D eigenvalue weighted by atomic mass is 9.50. The third-order valence-corrected chi connectivity index (χ3v) is 5.70. The van der Waals surface area contributed by atoms with Crippen molar-refractivity contribution in [3.8, 4) is 0 Å². The number of nitrogens with two attached hydrogens (primary N) is 1. The summed E-state index contributed by atoms with van der Waals surface area (Å²) in [6.45, 7) is 1.16. The molecule has 4 aliphatic carbocycles. The summed E-state index contributed by atoms with van der Waals surface area (Å²) in [6, 6.07) is 0.465. The van der Waals surface area contributed by atoms with Crippen molar-refractivity contribution in [2.75, 3.05) is 20.6 Å². The van der Waals surface area contributed by atoms with Gasteiger partial charge in [0.25, 0.3) is 0 Å². The Labute approximate surface area is 106 Å². The molecule has 0 aromatic carbocycles. The van der Waals surface area contributed by atoms with Gasteiger partial charge in [0.1, 0.15) is 0 Å². The van der Waals surface area contributed by atoms with Crippen LogP contribution < -0.4 is 5.73 Å². The van der Waals surface area contributed by atoms with E-state index in [0.717, 1.165) is 36.1 Å². The Morgan fingerprint density at radius 1 is 1.00 bits per heavy atom. The van der Waals surface area contributed by atoms with Crippen molar-refractivity contribution < 1.29 is 0 Å². The van der Waals surface area contributed by atoms with E-state index < -0.39 is 0 Å². The molecule has 2 N–H and O–H groups in total. The van der Waals surface area contributed by atoms with Gasteiger partial charge in [-0.15, -0.1) is 0 Å². The van der Waals surface area contributed by atoms with Crippen LogP contribution in [0.15, 0.2) is 0 Å². The average molecular weight is 236 g/mol. The molecule has 2 heteroatoms. The normalized spacial score (nSPS) is 45.5. The van der Waals surface area contributed by atoms with Gasteiger partial charge in [-0.25, -0.2) is 0 Å². The number of hydrogen-bond donors (Lipinski definition) is 1. The van der Waals surface area contributed by atoms with Gasteiger partial charge in [0.2, 0.25) is 0 Å². The minimum atomic E-state index is 0.465. The average Bonchev–Trinajstić information content (AvgIpc) is 2.24. The highest BCUT2D eigenvalue weighted by Gasteiger charge is 2.49. The molecule has 4 saturated carbocycles. The van der Waals surface area contributed by atoms with E-state index in [9.17, 15) is 0 Å². The number of nitrogens with zero attached hydrogens (tertiary/aromatic N) is 1. The Hall–Kier alpha value is -0.0800. The Morgan fingerprint density at radius 2 is 1.53 bits per heavy atom. The van der Waals surface area contributed by atoms with E-state index in [1.807, 2.05) is 0 Å². The van der Waals surface area contributed by atoms with E-state index in [4.69, 9.17) is 5.73 Å². The zero-order valence-electron chi connectivity index (χ0n) is 11.4. The monoisotopic (exact) mass is 236 g/mol. The lowest BCUT2D eigenvalue weighted by Crippen LogP contribution is -2.52. The standard InChI is InChI=1S/C15H28N2/c1-17(2)4-3-14(16)15-12-6-10-5-11(8-12)9-13(15)7-10/h10-15H,3-9,16H2,1-2H3. The van der Waals surface area contributed by atoms with Crippen LogP contribution in [-0.4, -0.2) is 31.6 Å². The molecule has 98 valence electrons. The highest BCUT2D eigenvalue weighted by atomic mass is 15.0. The molecular weight excluding hydrogens is 208 g/mol. The molecule has 0 heterocycles. The second-order valence-corrected chi connectivity index (χ2v) is 7.26. The van der Waals surface area contributed by atoms with Crippen LogP contribution >= 0.6 is 0 Å². The van der Waals surface area contributed by atoms with Crippen molar-refractivity contribution in [2.24, 2.45) is 35.3 Å². The second-order valence-electron chi connectivity index (χ2n) is 7.26. The molecular formula is C15H28N2. The van der Waals surface area contributed by atoms with Gasteiger partial charge in [-0.05, 0) is 88.8 Å². The fourth-order valence-corrected chi connectivity index (χ4v) is 5.27. The molecule has 1 atom stereocenters. The van der Waals surface area contributed by atoms with Gasteiger partial charge in [-0.2, -0.15) is 0 Å². The van der Waals surface area contributed by atoms with Crippen LogP contribution in [0.2, 0.25) is 0 Å². The molecule has 2 nitrogen and oxygen atoms in total. The summed E-state index contributed by atoms with van der Waals surface area (Å²) in [6.07, 6.45) is 8.77. The largest absolute Gasteiger partial charge is 0.327 e. The van der Waals surface area contributed by atoms with E-state index in [2.05, 4.69) is 19.0 Å². The molecule has 1 unspecified atom stereocenters. The van der Waals surface area contributed by atoms with Crippen molar-refractivity contribution >= 4 is 0 Å². The first-order valence-electron chi connectivity index (χ1n) is 7.53. The molecule has 4 rings (SSSR count). The first-order chi connectivity index (χ1) is 8.13. The van der Waals surface area contributed by atoms with Crippen LogP contribution in [0.4, 0.5) is 0 Å². The van der Waals surface area contributed by atoms with Gasteiger partial charge in [0.15, 0.2) is 0 Å². The van der Waals surface area contributed by atoms with Crippen LogP contribution in [-0.2, 0) is 0 Å². The highest BCUT2D eigenvalue weighted by molar-refractivity contribution is 5.00. The predicted molar refractivity (Wildman–Crippen MR) is 71.7 cm³/mol. The fourth-order valence-electron chi connectivity index (χ4n) is 5.27. The van der Waals surface area contributed by atoms with Crippen molar-refractivity contribution in [2.45, 2.75) is 44.6 Å². The summed E-state index contributed by atoms with van der Waals surface area (Å²) >= 11 is 0. The molecule has 0 aromatic rings. The van der Waals surface area contributed by atoms with Crippen molar-refractivity contribution in [3.05, 3.63) is 0 Å². The molecule has 0 aromatic heterocycles. The topological polar surface area (TPSA) is 29.3 Å². The molecule has 0 amide bonds. The Balaban J connectivity index is 1.63. The number of hydrogen-bond acceptors (Lipinski definition) is 2. The van der Waals surface area contributed by atoms with Gasteiger partial charge in [0, 0.05) is 6.04 Å². The zero-order valence-corrected chi connectivity index (χ0v) is 11.4. The molecule has 4 bridgehead atoms. The van der Waals surface area contributed by atoms with E-state index in [0.29, 0.717) is 6.04 Å². The van der Waals surface area contributed by atoms with E-state index in [1.54, 1.807) is 6.42 Å². The number of rotatable bonds is 4. The quantitative estimate of drug-likeness (QED) is 0.812. The maximum absolute atomic E-state index is 6.52.